The highest BCUT2D eigenvalue weighted by Crippen LogP contribution is 2.41. The van der Waals surface area contributed by atoms with Gasteiger partial charge in [-0.25, -0.2) is 10.3 Å². The number of hydrogen-bond donors (Lipinski definition) is 2. The Morgan fingerprint density at radius 3 is 2.70 bits per heavy atom. The van der Waals surface area contributed by atoms with Crippen molar-refractivity contribution in [3.63, 3.8) is 0 Å². The molecule has 1 aliphatic heterocycles. The molecule has 0 aromatic heterocycles. The Balaban J connectivity index is 2.32. The average Bonchev–Trinajstić information content (AvgIpc) is 2.93. The van der Waals surface area contributed by atoms with Crippen LogP contribution < -0.4 is 5.48 Å². The molecule has 2 rings (SSSR count). The van der Waals surface area contributed by atoms with Gasteiger partial charge in [0.25, 0.3) is 0 Å². The quantitative estimate of drug-likeness (QED) is 0.439. The van der Waals surface area contributed by atoms with Gasteiger partial charge in [0.1, 0.15) is 11.4 Å². The second-order valence-corrected chi connectivity index (χ2v) is 6.78. The van der Waals surface area contributed by atoms with Gasteiger partial charge in [0, 0.05) is 4.47 Å². The van der Waals surface area contributed by atoms with Crippen molar-refractivity contribution in [2.75, 3.05) is 12.9 Å². The molecule has 1 saturated heterocycles. The molecule has 124 valence electrons. The lowest BCUT2D eigenvalue weighted by Crippen LogP contribution is -2.46. The standard InChI is InChI=1S/C14H15BrN2O5S/c1-22-14(20)10(6-11(18)16-21)17-12(19)7-23-13(17)8-2-4-9(15)5-3-8/h2-5,10,13,21H,6-7H2,1H3,(H,16,18). The van der Waals surface area contributed by atoms with Gasteiger partial charge in [0.15, 0.2) is 0 Å². The average molecular weight is 403 g/mol. The first-order chi connectivity index (χ1) is 11.0. The number of amides is 2. The zero-order valence-corrected chi connectivity index (χ0v) is 14.6. The molecule has 1 aromatic carbocycles. The van der Waals surface area contributed by atoms with E-state index in [4.69, 9.17) is 9.94 Å². The molecule has 0 radical (unpaired) electrons. The van der Waals surface area contributed by atoms with Crippen molar-refractivity contribution in [3.05, 3.63) is 34.3 Å². The monoisotopic (exact) mass is 402 g/mol. The Bertz CT molecular complexity index is 610. The Kier molecular flexibility index (Phi) is 6.03. The molecule has 0 saturated carbocycles. The molecule has 1 heterocycles. The molecule has 9 heteroatoms. The van der Waals surface area contributed by atoms with Gasteiger partial charge in [0.2, 0.25) is 11.8 Å². The molecule has 7 nitrogen and oxygen atoms in total. The third-order valence-electron chi connectivity index (χ3n) is 3.37. The van der Waals surface area contributed by atoms with Gasteiger partial charge in [0.05, 0.1) is 19.3 Å². The molecular weight excluding hydrogens is 388 g/mol. The van der Waals surface area contributed by atoms with Crippen LogP contribution in [0.15, 0.2) is 28.7 Å². The van der Waals surface area contributed by atoms with Crippen molar-refractivity contribution >= 4 is 45.5 Å². The SMILES string of the molecule is COC(=O)C(CC(=O)NO)N1C(=O)CSC1c1ccc(Br)cc1. The first kappa shape index (κ1) is 17.8. The van der Waals surface area contributed by atoms with E-state index in [-0.39, 0.29) is 18.1 Å². The number of nitrogens with zero attached hydrogens (tertiary/aromatic N) is 1. The Hall–Kier alpha value is -1.58. The fraction of sp³-hybridized carbons (Fsp3) is 0.357. The Morgan fingerprint density at radius 1 is 1.48 bits per heavy atom. The summed E-state index contributed by atoms with van der Waals surface area (Å²) in [5, 5.41) is 8.30. The Labute approximate surface area is 145 Å². The van der Waals surface area contributed by atoms with Crippen molar-refractivity contribution in [3.8, 4) is 0 Å². The van der Waals surface area contributed by atoms with Crippen molar-refractivity contribution in [1.82, 2.24) is 10.4 Å². The molecule has 0 bridgehead atoms. The number of hydrogen-bond acceptors (Lipinski definition) is 6. The predicted octanol–water partition coefficient (Wildman–Crippen LogP) is 1.46. The van der Waals surface area contributed by atoms with Gasteiger partial charge < -0.3 is 9.64 Å². The molecule has 0 aliphatic carbocycles. The van der Waals surface area contributed by atoms with E-state index in [2.05, 4.69) is 15.9 Å². The summed E-state index contributed by atoms with van der Waals surface area (Å²) in [4.78, 5) is 37.1. The van der Waals surface area contributed by atoms with Crippen LogP contribution in [0, 0.1) is 0 Å². The van der Waals surface area contributed by atoms with Crippen molar-refractivity contribution in [1.29, 1.82) is 0 Å². The van der Waals surface area contributed by atoms with Crippen molar-refractivity contribution < 1.29 is 24.3 Å². The summed E-state index contributed by atoms with van der Waals surface area (Å²) < 4.78 is 5.61. The molecule has 1 aliphatic rings. The highest BCUT2D eigenvalue weighted by molar-refractivity contribution is 9.10. The lowest BCUT2D eigenvalue weighted by Gasteiger charge is -2.30. The van der Waals surface area contributed by atoms with E-state index < -0.39 is 23.3 Å². The summed E-state index contributed by atoms with van der Waals surface area (Å²) in [5.41, 5.74) is 2.31. The van der Waals surface area contributed by atoms with E-state index in [0.29, 0.717) is 0 Å². The zero-order chi connectivity index (χ0) is 17.0. The van der Waals surface area contributed by atoms with Gasteiger partial charge in [-0.15, -0.1) is 11.8 Å². The maximum atomic E-state index is 12.3. The molecule has 2 amide bonds. The van der Waals surface area contributed by atoms with Crippen LogP contribution in [0.2, 0.25) is 0 Å². The molecule has 1 aromatic rings. The number of carbonyl (C=O) groups is 3. The van der Waals surface area contributed by atoms with Crippen LogP contribution in [0.5, 0.6) is 0 Å². The normalized spacial score (nSPS) is 18.7. The fourth-order valence-electron chi connectivity index (χ4n) is 2.31. The van der Waals surface area contributed by atoms with Crippen LogP contribution >= 0.6 is 27.7 Å². The number of benzene rings is 1. The molecule has 23 heavy (non-hydrogen) atoms. The number of methoxy groups -OCH3 is 1. The van der Waals surface area contributed by atoms with Crippen molar-refractivity contribution in [2.24, 2.45) is 0 Å². The van der Waals surface area contributed by atoms with Crippen LogP contribution in [-0.2, 0) is 19.1 Å². The third kappa shape index (κ3) is 4.04. The van der Waals surface area contributed by atoms with E-state index in [1.165, 1.54) is 29.3 Å². The lowest BCUT2D eigenvalue weighted by atomic mass is 10.1. The van der Waals surface area contributed by atoms with E-state index in [1.807, 2.05) is 24.3 Å². The molecule has 1 fully saturated rings. The number of nitrogens with one attached hydrogen (secondary N) is 1. The van der Waals surface area contributed by atoms with Gasteiger partial charge in [-0.2, -0.15) is 0 Å². The first-order valence-corrected chi connectivity index (χ1v) is 8.51. The molecular formula is C14H15BrN2O5S. The molecule has 2 N–H and O–H groups in total. The fourth-order valence-corrected chi connectivity index (χ4v) is 3.80. The van der Waals surface area contributed by atoms with Gasteiger partial charge in [-0.05, 0) is 17.7 Å². The highest BCUT2D eigenvalue weighted by atomic mass is 79.9. The van der Waals surface area contributed by atoms with Gasteiger partial charge in [-0.3, -0.25) is 14.8 Å². The smallest absolute Gasteiger partial charge is 0.329 e. The number of halogens is 1. The van der Waals surface area contributed by atoms with E-state index in [9.17, 15) is 14.4 Å². The number of thioether (sulfide) groups is 1. The van der Waals surface area contributed by atoms with Crippen LogP contribution in [0.3, 0.4) is 0 Å². The van der Waals surface area contributed by atoms with Gasteiger partial charge in [-0.1, -0.05) is 28.1 Å². The second kappa shape index (κ2) is 7.80. The van der Waals surface area contributed by atoms with Crippen LogP contribution in [0.1, 0.15) is 17.4 Å². The minimum absolute atomic E-state index is 0.203. The second-order valence-electron chi connectivity index (χ2n) is 4.79. The summed E-state index contributed by atoms with van der Waals surface area (Å²) in [6.07, 6.45) is -0.373. The molecule has 0 spiro atoms. The number of hydroxylamine groups is 1. The predicted molar refractivity (Wildman–Crippen MR) is 86.5 cm³/mol. The first-order valence-electron chi connectivity index (χ1n) is 6.67. The summed E-state index contributed by atoms with van der Waals surface area (Å²) in [7, 11) is 1.19. The largest absolute Gasteiger partial charge is 0.467 e. The highest BCUT2D eigenvalue weighted by Gasteiger charge is 2.42. The summed E-state index contributed by atoms with van der Waals surface area (Å²) >= 11 is 4.71. The van der Waals surface area contributed by atoms with Gasteiger partial charge >= 0.3 is 5.97 Å². The maximum Gasteiger partial charge on any atom is 0.329 e. The summed E-state index contributed by atoms with van der Waals surface area (Å²) in [6, 6.07) is 6.26. The van der Waals surface area contributed by atoms with Crippen LogP contribution in [-0.4, -0.2) is 46.8 Å². The number of esters is 1. The molecule has 2 atom stereocenters. The lowest BCUT2D eigenvalue weighted by molar-refractivity contribution is -0.154. The zero-order valence-electron chi connectivity index (χ0n) is 12.2. The number of ether oxygens (including phenoxy) is 1. The summed E-state index contributed by atoms with van der Waals surface area (Å²) in [6.45, 7) is 0. The van der Waals surface area contributed by atoms with Crippen LogP contribution in [0.25, 0.3) is 0 Å². The topological polar surface area (TPSA) is 95.9 Å². The molecule has 2 unspecified atom stereocenters. The van der Waals surface area contributed by atoms with E-state index in [0.717, 1.165) is 10.0 Å². The van der Waals surface area contributed by atoms with Crippen LogP contribution in [0.4, 0.5) is 0 Å². The van der Waals surface area contributed by atoms with Crippen molar-refractivity contribution in [2.45, 2.75) is 17.8 Å². The maximum absolute atomic E-state index is 12.3. The Morgan fingerprint density at radius 2 is 2.13 bits per heavy atom. The third-order valence-corrected chi connectivity index (χ3v) is 5.13. The minimum Gasteiger partial charge on any atom is -0.467 e. The minimum atomic E-state index is -1.09. The van der Waals surface area contributed by atoms with E-state index in [1.54, 1.807) is 0 Å². The summed E-state index contributed by atoms with van der Waals surface area (Å²) in [5.74, 6) is -1.52. The number of carbonyl (C=O) groups excluding carboxylic acids is 3. The van der Waals surface area contributed by atoms with E-state index >= 15 is 0 Å². The number of rotatable bonds is 5.